The minimum Gasteiger partial charge on any atom is -0.346 e. The largest absolute Gasteiger partial charge is 0.346 e. The molecule has 0 saturated heterocycles. The third kappa shape index (κ3) is 3.64. The molecular formula is C24H25ClFN5. The van der Waals surface area contributed by atoms with Gasteiger partial charge in [0.1, 0.15) is 11.5 Å². The highest BCUT2D eigenvalue weighted by Gasteiger charge is 2.27. The first-order valence-electron chi connectivity index (χ1n) is 10.6. The molecule has 1 aliphatic rings. The molecule has 1 fully saturated rings. The number of aromatic amines is 1. The Labute approximate surface area is 185 Å². The Morgan fingerprint density at radius 1 is 1.10 bits per heavy atom. The molecule has 0 atom stereocenters. The molecule has 0 unspecified atom stereocenters. The van der Waals surface area contributed by atoms with Crippen molar-refractivity contribution in [2.75, 3.05) is 14.1 Å². The number of fused-ring (bicyclic) bond motifs is 1. The van der Waals surface area contributed by atoms with Crippen molar-refractivity contribution in [2.24, 2.45) is 0 Å². The van der Waals surface area contributed by atoms with Crippen LogP contribution in [0.2, 0.25) is 5.02 Å². The number of hydrogen-bond acceptors (Lipinski definition) is 3. The fraction of sp³-hybridized carbons (Fsp3) is 0.333. The summed E-state index contributed by atoms with van der Waals surface area (Å²) in [5.74, 6) is -0.426. The first-order valence-corrected chi connectivity index (χ1v) is 11.0. The number of H-pyrrole nitrogens is 1. The van der Waals surface area contributed by atoms with Crippen molar-refractivity contribution >= 4 is 22.6 Å². The van der Waals surface area contributed by atoms with Gasteiger partial charge in [0.2, 0.25) is 0 Å². The van der Waals surface area contributed by atoms with E-state index in [0.29, 0.717) is 12.1 Å². The number of hydrogen-bond donors (Lipinski definition) is 1. The fourth-order valence-corrected chi connectivity index (χ4v) is 4.96. The predicted molar refractivity (Wildman–Crippen MR) is 123 cm³/mol. The minimum absolute atomic E-state index is 0.103. The van der Waals surface area contributed by atoms with Crippen molar-refractivity contribution in [1.82, 2.24) is 24.4 Å². The van der Waals surface area contributed by atoms with Gasteiger partial charge >= 0.3 is 0 Å². The summed E-state index contributed by atoms with van der Waals surface area (Å²) in [6.45, 7) is 0. The second kappa shape index (κ2) is 8.09. The molecule has 0 radical (unpaired) electrons. The third-order valence-corrected chi connectivity index (χ3v) is 6.78. The highest BCUT2D eigenvalue weighted by atomic mass is 35.5. The molecule has 0 aliphatic heterocycles. The number of rotatable bonds is 4. The van der Waals surface area contributed by atoms with E-state index in [0.717, 1.165) is 59.2 Å². The maximum absolute atomic E-state index is 13.8. The Bertz CT molecular complexity index is 1220. The van der Waals surface area contributed by atoms with E-state index in [1.54, 1.807) is 12.1 Å². The van der Waals surface area contributed by atoms with Gasteiger partial charge in [0.05, 0.1) is 22.7 Å². The number of pyridine rings is 1. The van der Waals surface area contributed by atoms with E-state index in [4.69, 9.17) is 16.6 Å². The Morgan fingerprint density at radius 2 is 1.90 bits per heavy atom. The van der Waals surface area contributed by atoms with Crippen LogP contribution in [0.5, 0.6) is 0 Å². The predicted octanol–water partition coefficient (Wildman–Crippen LogP) is 5.93. The van der Waals surface area contributed by atoms with Crippen LogP contribution in [0.25, 0.3) is 33.5 Å². The molecule has 3 aromatic heterocycles. The average Bonchev–Trinajstić information content (AvgIpc) is 3.43. The summed E-state index contributed by atoms with van der Waals surface area (Å²) in [6.07, 6.45) is 10.1. The van der Waals surface area contributed by atoms with E-state index in [-0.39, 0.29) is 5.02 Å². The summed E-state index contributed by atoms with van der Waals surface area (Å²) in [7, 11) is 4.31. The maximum atomic E-state index is 13.8. The van der Waals surface area contributed by atoms with Crippen LogP contribution in [0.3, 0.4) is 0 Å². The molecule has 1 aromatic carbocycles. The average molecular weight is 438 g/mol. The van der Waals surface area contributed by atoms with E-state index in [2.05, 4.69) is 33.5 Å². The van der Waals surface area contributed by atoms with Crippen molar-refractivity contribution in [2.45, 2.75) is 37.8 Å². The van der Waals surface area contributed by atoms with Gasteiger partial charge in [-0.05, 0) is 70.1 Å². The Morgan fingerprint density at radius 3 is 2.65 bits per heavy atom. The summed E-state index contributed by atoms with van der Waals surface area (Å²) < 4.78 is 16.1. The lowest BCUT2D eigenvalue weighted by Crippen LogP contribution is -2.32. The first-order chi connectivity index (χ1) is 15.0. The number of nitrogens with zero attached hydrogens (tertiary/aromatic N) is 4. The molecule has 3 heterocycles. The molecule has 1 aliphatic carbocycles. The zero-order chi connectivity index (χ0) is 21.5. The van der Waals surface area contributed by atoms with Gasteiger partial charge in [0.15, 0.2) is 0 Å². The third-order valence-electron chi connectivity index (χ3n) is 6.49. The number of nitrogens with one attached hydrogen (secondary N) is 1. The van der Waals surface area contributed by atoms with Crippen LogP contribution in [-0.4, -0.2) is 44.6 Å². The molecule has 0 bridgehead atoms. The van der Waals surface area contributed by atoms with Crippen LogP contribution in [0.15, 0.2) is 49.1 Å². The Hall–Kier alpha value is -2.70. The van der Waals surface area contributed by atoms with Gasteiger partial charge in [-0.2, -0.15) is 0 Å². The highest BCUT2D eigenvalue weighted by molar-refractivity contribution is 6.31. The van der Waals surface area contributed by atoms with Crippen LogP contribution >= 0.6 is 11.6 Å². The lowest BCUT2D eigenvalue weighted by molar-refractivity contribution is 0.196. The van der Waals surface area contributed by atoms with E-state index >= 15 is 0 Å². The Kier molecular flexibility index (Phi) is 5.28. The minimum atomic E-state index is -0.426. The summed E-state index contributed by atoms with van der Waals surface area (Å²) in [4.78, 5) is 14.8. The normalized spacial score (nSPS) is 19.4. The van der Waals surface area contributed by atoms with Crippen LogP contribution in [0, 0.1) is 5.82 Å². The van der Waals surface area contributed by atoms with Crippen molar-refractivity contribution in [3.63, 3.8) is 0 Å². The monoisotopic (exact) mass is 437 g/mol. The number of aromatic nitrogens is 4. The molecule has 4 aromatic rings. The molecule has 1 saturated carbocycles. The molecule has 7 heteroatoms. The van der Waals surface area contributed by atoms with E-state index in [1.807, 2.05) is 30.9 Å². The highest BCUT2D eigenvalue weighted by Crippen LogP contribution is 2.40. The molecule has 160 valence electrons. The zero-order valence-electron chi connectivity index (χ0n) is 17.6. The molecule has 0 amide bonds. The molecule has 5 nitrogen and oxygen atoms in total. The zero-order valence-corrected chi connectivity index (χ0v) is 18.4. The summed E-state index contributed by atoms with van der Waals surface area (Å²) in [6, 6.07) is 9.87. The summed E-state index contributed by atoms with van der Waals surface area (Å²) in [5.41, 5.74) is 4.55. The molecule has 1 N–H and O–H groups in total. The first kappa shape index (κ1) is 20.2. The number of imidazole rings is 1. The van der Waals surface area contributed by atoms with E-state index < -0.39 is 5.82 Å². The molecule has 31 heavy (non-hydrogen) atoms. The lowest BCUT2D eigenvalue weighted by Gasteiger charge is -2.34. The number of benzene rings is 1. The van der Waals surface area contributed by atoms with Crippen LogP contribution in [-0.2, 0) is 0 Å². The van der Waals surface area contributed by atoms with Crippen LogP contribution in [0.4, 0.5) is 4.39 Å². The van der Waals surface area contributed by atoms with E-state index in [1.165, 1.54) is 6.07 Å². The van der Waals surface area contributed by atoms with Crippen molar-refractivity contribution < 1.29 is 4.39 Å². The topological polar surface area (TPSA) is 49.7 Å². The summed E-state index contributed by atoms with van der Waals surface area (Å²) in [5, 5.41) is 1.15. The Balaban J connectivity index is 1.65. The van der Waals surface area contributed by atoms with Crippen molar-refractivity contribution in [1.29, 1.82) is 0 Å². The quantitative estimate of drug-likeness (QED) is 0.430. The van der Waals surface area contributed by atoms with Crippen LogP contribution in [0.1, 0.15) is 31.7 Å². The summed E-state index contributed by atoms with van der Waals surface area (Å²) >= 11 is 6.11. The molecule has 5 rings (SSSR count). The van der Waals surface area contributed by atoms with Gasteiger partial charge in [-0.1, -0.05) is 11.6 Å². The van der Waals surface area contributed by atoms with E-state index in [9.17, 15) is 4.39 Å². The van der Waals surface area contributed by atoms with Crippen LogP contribution < -0.4 is 0 Å². The van der Waals surface area contributed by atoms with Crippen molar-refractivity contribution in [3.8, 4) is 22.5 Å². The molecular weight excluding hydrogens is 413 g/mol. The fourth-order valence-electron chi connectivity index (χ4n) is 4.78. The van der Waals surface area contributed by atoms with Gasteiger partial charge in [-0.3, -0.25) is 0 Å². The number of halogens is 2. The smallest absolute Gasteiger partial charge is 0.141 e. The van der Waals surface area contributed by atoms with Gasteiger partial charge in [0, 0.05) is 41.0 Å². The second-order valence-electron chi connectivity index (χ2n) is 8.50. The SMILES string of the molecule is CN(C)[C@H]1CC[C@H](n2cnc(-c3ccc(F)c(Cl)c3)c2-c2ccnc3[nH]ccc23)CC1. The standard InChI is InChI=1S/C24H25ClFN5/c1-30(2)16-4-6-17(7-5-16)31-14-29-22(15-3-8-21(26)20(25)13-15)23(31)18-9-11-27-24-19(18)10-12-28-24/h3,8-14,16-17H,4-7H2,1-2H3,(H,27,28)/t16-,17-. The van der Waals surface area contributed by atoms with Gasteiger partial charge in [-0.15, -0.1) is 0 Å². The van der Waals surface area contributed by atoms with Gasteiger partial charge < -0.3 is 14.5 Å². The second-order valence-corrected chi connectivity index (χ2v) is 8.91. The lowest BCUT2D eigenvalue weighted by atomic mass is 9.90. The van der Waals surface area contributed by atoms with Gasteiger partial charge in [0.25, 0.3) is 0 Å². The maximum Gasteiger partial charge on any atom is 0.141 e. The van der Waals surface area contributed by atoms with Crippen molar-refractivity contribution in [3.05, 3.63) is 59.9 Å². The molecule has 0 spiro atoms. The van der Waals surface area contributed by atoms with Gasteiger partial charge in [-0.25, -0.2) is 14.4 Å².